The van der Waals surface area contributed by atoms with Gasteiger partial charge in [-0.05, 0) is 23.1 Å². The molecule has 0 spiro atoms. The number of hydrogen-bond acceptors (Lipinski definition) is 4. The van der Waals surface area contributed by atoms with Crippen molar-refractivity contribution >= 4 is 34.9 Å². The van der Waals surface area contributed by atoms with Crippen LogP contribution in [-0.2, 0) is 14.3 Å². The van der Waals surface area contributed by atoms with Crippen molar-refractivity contribution in [2.45, 2.75) is 0 Å². The number of ether oxygens (including phenoxy) is 1. The van der Waals surface area contributed by atoms with E-state index in [0.717, 1.165) is 10.4 Å². The first-order chi connectivity index (χ1) is 9.66. The van der Waals surface area contributed by atoms with Crippen molar-refractivity contribution in [3.8, 4) is 0 Å². The van der Waals surface area contributed by atoms with Gasteiger partial charge in [-0.15, -0.1) is 11.3 Å². The fourth-order valence-electron chi connectivity index (χ4n) is 1.59. The van der Waals surface area contributed by atoms with E-state index >= 15 is 0 Å². The first-order valence-corrected chi connectivity index (χ1v) is 6.81. The average molecular weight is 287 g/mol. The molecule has 20 heavy (non-hydrogen) atoms. The van der Waals surface area contributed by atoms with E-state index in [1.54, 1.807) is 6.08 Å². The summed E-state index contributed by atoms with van der Waals surface area (Å²) >= 11 is 1.43. The normalized spacial score (nSPS) is 11.1. The molecule has 2 aromatic rings. The Balaban J connectivity index is 2.29. The summed E-state index contributed by atoms with van der Waals surface area (Å²) in [7, 11) is 0. The summed E-state index contributed by atoms with van der Waals surface area (Å²) in [4.78, 5) is 23.5. The van der Waals surface area contributed by atoms with Gasteiger partial charge in [0.25, 0.3) is 5.91 Å². The number of hydrogen-bond donors (Lipinski definition) is 1. The third-order valence-corrected chi connectivity index (χ3v) is 3.37. The van der Waals surface area contributed by atoms with Gasteiger partial charge in [0, 0.05) is 4.88 Å². The Morgan fingerprint density at radius 3 is 2.50 bits per heavy atom. The smallest absolute Gasteiger partial charge is 0.340 e. The molecule has 0 saturated heterocycles. The van der Waals surface area contributed by atoms with Gasteiger partial charge in [-0.1, -0.05) is 36.4 Å². The maximum Gasteiger partial charge on any atom is 0.340 e. The highest BCUT2D eigenvalue weighted by Crippen LogP contribution is 2.24. The largest absolute Gasteiger partial charge is 0.452 e. The monoisotopic (exact) mass is 287 g/mol. The Morgan fingerprint density at radius 2 is 1.90 bits per heavy atom. The minimum Gasteiger partial charge on any atom is -0.452 e. The van der Waals surface area contributed by atoms with Crippen LogP contribution in [0.3, 0.4) is 0 Å². The lowest BCUT2D eigenvalue weighted by molar-refractivity contribution is -0.141. The van der Waals surface area contributed by atoms with Crippen molar-refractivity contribution in [1.82, 2.24) is 0 Å². The molecule has 2 rings (SSSR count). The number of nitrogens with two attached hydrogens (primary N) is 1. The Kier molecular flexibility index (Phi) is 4.68. The summed E-state index contributed by atoms with van der Waals surface area (Å²) in [6.45, 7) is -0.420. The van der Waals surface area contributed by atoms with Crippen LogP contribution in [-0.4, -0.2) is 18.5 Å². The van der Waals surface area contributed by atoms with Gasteiger partial charge in [0.15, 0.2) is 6.61 Å². The molecule has 0 atom stereocenters. The molecular weight excluding hydrogens is 274 g/mol. The summed E-state index contributed by atoms with van der Waals surface area (Å²) in [6.07, 6.45) is 1.73. The molecule has 0 aliphatic heterocycles. The molecule has 0 saturated carbocycles. The van der Waals surface area contributed by atoms with Crippen LogP contribution >= 0.6 is 11.3 Å². The number of thiophene rings is 1. The van der Waals surface area contributed by atoms with Crippen molar-refractivity contribution in [3.63, 3.8) is 0 Å². The quantitative estimate of drug-likeness (QED) is 0.677. The molecule has 0 unspecified atom stereocenters. The molecule has 1 amide bonds. The topological polar surface area (TPSA) is 69.4 Å². The van der Waals surface area contributed by atoms with E-state index in [4.69, 9.17) is 10.5 Å². The summed E-state index contributed by atoms with van der Waals surface area (Å²) in [5.41, 5.74) is 6.27. The number of rotatable bonds is 5. The fraction of sp³-hybridized carbons (Fsp3) is 0.0667. The number of primary amides is 1. The molecule has 5 heteroatoms. The molecule has 1 aromatic heterocycles. The van der Waals surface area contributed by atoms with Crippen molar-refractivity contribution in [2.24, 2.45) is 5.73 Å². The Hall–Kier alpha value is -2.40. The van der Waals surface area contributed by atoms with Gasteiger partial charge in [0.05, 0.1) is 5.57 Å². The molecule has 0 fully saturated rings. The van der Waals surface area contributed by atoms with E-state index in [9.17, 15) is 9.59 Å². The molecule has 0 aliphatic rings. The highest BCUT2D eigenvalue weighted by atomic mass is 32.1. The second kappa shape index (κ2) is 6.68. The van der Waals surface area contributed by atoms with Crippen LogP contribution in [0.4, 0.5) is 0 Å². The van der Waals surface area contributed by atoms with Crippen LogP contribution in [0, 0.1) is 0 Å². The maximum atomic E-state index is 12.1. The predicted molar refractivity (Wildman–Crippen MR) is 78.8 cm³/mol. The molecule has 0 bridgehead atoms. The van der Waals surface area contributed by atoms with Crippen LogP contribution in [0.5, 0.6) is 0 Å². The maximum absolute atomic E-state index is 12.1. The number of amides is 1. The molecule has 0 radical (unpaired) electrons. The summed E-state index contributed by atoms with van der Waals surface area (Å²) in [5.74, 6) is -1.24. The first kappa shape index (κ1) is 14.0. The van der Waals surface area contributed by atoms with Crippen LogP contribution in [0.15, 0.2) is 47.8 Å². The first-order valence-electron chi connectivity index (χ1n) is 5.93. The lowest BCUT2D eigenvalue weighted by Crippen LogP contribution is -2.21. The highest BCUT2D eigenvalue weighted by Gasteiger charge is 2.15. The zero-order chi connectivity index (χ0) is 14.4. The molecular formula is C15H13NO3S. The Labute approximate surface area is 120 Å². The summed E-state index contributed by atoms with van der Waals surface area (Å²) in [6, 6.07) is 13.1. The second-order valence-electron chi connectivity index (χ2n) is 3.99. The third kappa shape index (κ3) is 3.80. The zero-order valence-electron chi connectivity index (χ0n) is 10.6. The third-order valence-electron chi connectivity index (χ3n) is 2.46. The van der Waals surface area contributed by atoms with E-state index in [-0.39, 0.29) is 0 Å². The van der Waals surface area contributed by atoms with Gasteiger partial charge in [-0.2, -0.15) is 0 Å². The summed E-state index contributed by atoms with van der Waals surface area (Å²) in [5, 5.41) is 1.87. The van der Waals surface area contributed by atoms with Gasteiger partial charge in [0.2, 0.25) is 0 Å². The highest BCUT2D eigenvalue weighted by molar-refractivity contribution is 7.11. The second-order valence-corrected chi connectivity index (χ2v) is 4.94. The predicted octanol–water partition coefficient (Wildman–Crippen LogP) is 2.32. The van der Waals surface area contributed by atoms with Gasteiger partial charge >= 0.3 is 5.97 Å². The van der Waals surface area contributed by atoms with Gasteiger partial charge < -0.3 is 10.5 Å². The molecule has 102 valence electrons. The fourth-order valence-corrected chi connectivity index (χ4v) is 2.32. The van der Waals surface area contributed by atoms with E-state index in [2.05, 4.69) is 0 Å². The van der Waals surface area contributed by atoms with E-state index in [1.165, 1.54) is 11.3 Å². The van der Waals surface area contributed by atoms with Crippen LogP contribution < -0.4 is 5.73 Å². The van der Waals surface area contributed by atoms with Crippen molar-refractivity contribution < 1.29 is 14.3 Å². The molecule has 4 nitrogen and oxygen atoms in total. The lowest BCUT2D eigenvalue weighted by atomic mass is 10.1. The minimum absolute atomic E-state index is 0.410. The molecule has 2 N–H and O–H groups in total. The van der Waals surface area contributed by atoms with Gasteiger partial charge in [-0.25, -0.2) is 4.79 Å². The van der Waals surface area contributed by atoms with Crippen molar-refractivity contribution in [3.05, 3.63) is 58.3 Å². The lowest BCUT2D eigenvalue weighted by Gasteiger charge is -2.05. The Morgan fingerprint density at radius 1 is 1.15 bits per heavy atom. The van der Waals surface area contributed by atoms with Crippen LogP contribution in [0.2, 0.25) is 0 Å². The zero-order valence-corrected chi connectivity index (χ0v) is 11.4. The number of benzene rings is 1. The number of carbonyl (C=O) groups is 2. The summed E-state index contributed by atoms with van der Waals surface area (Å²) < 4.78 is 4.89. The van der Waals surface area contributed by atoms with E-state index in [1.807, 2.05) is 47.8 Å². The Bertz CT molecular complexity index is 618. The average Bonchev–Trinajstić information content (AvgIpc) is 2.97. The van der Waals surface area contributed by atoms with E-state index in [0.29, 0.717) is 5.57 Å². The molecule has 0 aliphatic carbocycles. The van der Waals surface area contributed by atoms with Gasteiger partial charge in [0.1, 0.15) is 0 Å². The standard InChI is InChI=1S/C15H13NO3S/c16-14(17)10-19-15(18)12(13-7-4-8-20-13)9-11-5-2-1-3-6-11/h1-9H,10H2,(H2,16,17). The number of esters is 1. The molecule has 1 aromatic carbocycles. The van der Waals surface area contributed by atoms with Crippen LogP contribution in [0.25, 0.3) is 11.6 Å². The SMILES string of the molecule is NC(=O)COC(=O)C(=Cc1ccccc1)c1cccs1. The number of carbonyl (C=O) groups excluding carboxylic acids is 2. The van der Waals surface area contributed by atoms with Crippen molar-refractivity contribution in [2.75, 3.05) is 6.61 Å². The molecule has 1 heterocycles. The van der Waals surface area contributed by atoms with Crippen molar-refractivity contribution in [1.29, 1.82) is 0 Å². The van der Waals surface area contributed by atoms with Crippen LogP contribution in [0.1, 0.15) is 10.4 Å². The minimum atomic E-state index is -0.677. The van der Waals surface area contributed by atoms with E-state index < -0.39 is 18.5 Å². The van der Waals surface area contributed by atoms with Gasteiger partial charge in [-0.3, -0.25) is 4.79 Å².